The second kappa shape index (κ2) is 10.1. The van der Waals surface area contributed by atoms with Gasteiger partial charge in [0, 0.05) is 31.1 Å². The maximum Gasteiger partial charge on any atom is 0.145 e. The highest BCUT2D eigenvalue weighted by molar-refractivity contribution is 6.30. The van der Waals surface area contributed by atoms with Crippen LogP contribution in [0.25, 0.3) is 0 Å². The maximum atomic E-state index is 10.1. The first-order valence-electron chi connectivity index (χ1n) is 8.94. The van der Waals surface area contributed by atoms with Crippen molar-refractivity contribution < 1.29 is 14.7 Å². The van der Waals surface area contributed by atoms with E-state index in [4.69, 9.17) is 21.2 Å². The van der Waals surface area contributed by atoms with Crippen molar-refractivity contribution in [1.29, 1.82) is 0 Å². The highest BCUT2D eigenvalue weighted by Crippen LogP contribution is 2.19. The lowest BCUT2D eigenvalue weighted by Gasteiger charge is -2.25. The molecule has 0 saturated carbocycles. The van der Waals surface area contributed by atoms with Crippen molar-refractivity contribution in [2.24, 2.45) is 11.1 Å². The second-order valence-electron chi connectivity index (χ2n) is 6.91. The van der Waals surface area contributed by atoms with Crippen LogP contribution in [0.15, 0.2) is 29.4 Å². The minimum atomic E-state index is -0.489. The van der Waals surface area contributed by atoms with E-state index in [-0.39, 0.29) is 6.10 Å². The summed E-state index contributed by atoms with van der Waals surface area (Å²) in [4.78, 5) is 7.75. The molecule has 0 amide bonds. The van der Waals surface area contributed by atoms with Crippen LogP contribution >= 0.6 is 11.6 Å². The zero-order chi connectivity index (χ0) is 18.2. The van der Waals surface area contributed by atoms with E-state index in [9.17, 15) is 5.11 Å². The van der Waals surface area contributed by atoms with Gasteiger partial charge in [0.1, 0.15) is 6.10 Å². The average Bonchev–Trinajstić information content (AvgIpc) is 3.03. The smallest absolute Gasteiger partial charge is 0.145 e. The Morgan fingerprint density at radius 2 is 2.04 bits per heavy atom. The monoisotopic (exact) mass is 368 g/mol. The van der Waals surface area contributed by atoms with E-state index in [1.165, 1.54) is 0 Å². The van der Waals surface area contributed by atoms with Gasteiger partial charge >= 0.3 is 0 Å². The van der Waals surface area contributed by atoms with Gasteiger partial charge in [-0.25, -0.2) is 0 Å². The highest BCUT2D eigenvalue weighted by Gasteiger charge is 2.25. The number of ether oxygens (including phenoxy) is 1. The summed E-state index contributed by atoms with van der Waals surface area (Å²) < 4.78 is 5.52. The molecule has 2 rings (SSSR count). The number of aliphatic hydroxyl groups is 1. The topological polar surface area (TPSA) is 54.3 Å². The molecule has 1 aromatic rings. The molecule has 2 atom stereocenters. The third-order valence-corrected chi connectivity index (χ3v) is 4.30. The molecule has 1 aromatic carbocycles. The lowest BCUT2D eigenvalue weighted by Crippen LogP contribution is -2.39. The average molecular weight is 369 g/mol. The predicted octanol–water partition coefficient (Wildman–Crippen LogP) is 3.19. The van der Waals surface area contributed by atoms with Crippen molar-refractivity contribution in [1.82, 2.24) is 4.90 Å². The highest BCUT2D eigenvalue weighted by atomic mass is 35.5. The van der Waals surface area contributed by atoms with Crippen LogP contribution < -0.4 is 0 Å². The summed E-state index contributed by atoms with van der Waals surface area (Å²) in [7, 11) is 0. The number of aliphatic hydroxyl groups excluding tert-OH is 1. The van der Waals surface area contributed by atoms with E-state index < -0.39 is 6.10 Å². The Labute approximate surface area is 155 Å². The van der Waals surface area contributed by atoms with Gasteiger partial charge in [-0.1, -0.05) is 49.7 Å². The summed E-state index contributed by atoms with van der Waals surface area (Å²) in [5.74, 6) is 0.477. The molecule has 2 unspecified atom stereocenters. The van der Waals surface area contributed by atoms with Crippen molar-refractivity contribution in [3.8, 4) is 0 Å². The summed E-state index contributed by atoms with van der Waals surface area (Å²) in [6, 6.07) is 7.64. The van der Waals surface area contributed by atoms with E-state index in [1.54, 1.807) is 0 Å². The van der Waals surface area contributed by atoms with E-state index in [2.05, 4.69) is 30.8 Å². The fourth-order valence-corrected chi connectivity index (χ4v) is 2.88. The number of hydrogen-bond acceptors (Lipinski definition) is 5. The van der Waals surface area contributed by atoms with Crippen molar-refractivity contribution in [2.45, 2.75) is 39.4 Å². The van der Waals surface area contributed by atoms with Gasteiger partial charge in [0.25, 0.3) is 0 Å². The predicted molar refractivity (Wildman–Crippen MR) is 101 cm³/mol. The number of benzene rings is 1. The third kappa shape index (κ3) is 6.94. The Kier molecular flexibility index (Phi) is 8.16. The minimum absolute atomic E-state index is 0.00871. The van der Waals surface area contributed by atoms with Gasteiger partial charge in [-0.05, 0) is 30.2 Å². The van der Waals surface area contributed by atoms with Crippen molar-refractivity contribution in [3.05, 3.63) is 34.9 Å². The maximum absolute atomic E-state index is 10.1. The molecule has 0 aromatic heterocycles. The van der Waals surface area contributed by atoms with Gasteiger partial charge in [-0.15, -0.1) is 0 Å². The fraction of sp³-hybridized carbons (Fsp3) is 0.632. The number of nitrogens with zero attached hydrogens (tertiary/aromatic N) is 2. The molecule has 0 fully saturated rings. The Morgan fingerprint density at radius 1 is 1.32 bits per heavy atom. The van der Waals surface area contributed by atoms with Gasteiger partial charge in [-0.3, -0.25) is 4.90 Å². The molecule has 0 radical (unpaired) electrons. The Balaban J connectivity index is 1.76. The van der Waals surface area contributed by atoms with Crippen LogP contribution in [0.1, 0.15) is 32.8 Å². The molecule has 5 nitrogen and oxygen atoms in total. The first kappa shape index (κ1) is 20.2. The summed E-state index contributed by atoms with van der Waals surface area (Å²) in [5, 5.41) is 15.1. The van der Waals surface area contributed by atoms with Crippen molar-refractivity contribution in [2.75, 3.05) is 32.8 Å². The standard InChI is InChI=1S/C19H29ClN2O3/c1-4-22(10-17(23)13-24-12-14(2)3)11-18-9-19(21-25-18)15-5-7-16(20)8-6-15/h5-8,14,17-18,23H,4,9-13H2,1-3H3. The van der Waals surface area contributed by atoms with E-state index in [1.807, 2.05) is 24.3 Å². The third-order valence-electron chi connectivity index (χ3n) is 4.05. The molecular formula is C19H29ClN2O3. The molecule has 25 heavy (non-hydrogen) atoms. The largest absolute Gasteiger partial charge is 0.390 e. The fourth-order valence-electron chi connectivity index (χ4n) is 2.75. The lowest BCUT2D eigenvalue weighted by atomic mass is 10.0. The summed E-state index contributed by atoms with van der Waals surface area (Å²) >= 11 is 5.92. The first-order valence-corrected chi connectivity index (χ1v) is 9.32. The first-order chi connectivity index (χ1) is 12.0. The molecule has 1 aliphatic heterocycles. The molecular weight excluding hydrogens is 340 g/mol. The molecule has 1 N–H and O–H groups in total. The zero-order valence-electron chi connectivity index (χ0n) is 15.3. The van der Waals surface area contributed by atoms with Crippen LogP contribution in [-0.2, 0) is 9.57 Å². The van der Waals surface area contributed by atoms with E-state index in [0.29, 0.717) is 30.7 Å². The summed E-state index contributed by atoms with van der Waals surface area (Å²) in [5.41, 5.74) is 1.98. The number of likely N-dealkylation sites (N-methyl/N-ethyl adjacent to an activating group) is 1. The van der Waals surface area contributed by atoms with Gasteiger partial charge in [0.2, 0.25) is 0 Å². The second-order valence-corrected chi connectivity index (χ2v) is 7.35. The van der Waals surface area contributed by atoms with Crippen LogP contribution in [0.3, 0.4) is 0 Å². The lowest BCUT2D eigenvalue weighted by molar-refractivity contribution is -0.00421. The Bertz CT molecular complexity index is 548. The van der Waals surface area contributed by atoms with Gasteiger partial charge < -0.3 is 14.7 Å². The van der Waals surface area contributed by atoms with Gasteiger partial charge in [-0.2, -0.15) is 0 Å². The molecule has 0 aliphatic carbocycles. The molecule has 1 aliphatic rings. The number of oxime groups is 1. The van der Waals surface area contributed by atoms with Crippen LogP contribution in [0.5, 0.6) is 0 Å². The zero-order valence-corrected chi connectivity index (χ0v) is 16.1. The number of halogens is 1. The quantitative estimate of drug-likeness (QED) is 0.689. The van der Waals surface area contributed by atoms with E-state index in [0.717, 1.165) is 30.8 Å². The molecule has 0 bridgehead atoms. The van der Waals surface area contributed by atoms with Crippen LogP contribution in [0.4, 0.5) is 0 Å². The van der Waals surface area contributed by atoms with Crippen LogP contribution in [0, 0.1) is 5.92 Å². The van der Waals surface area contributed by atoms with Crippen LogP contribution in [0.2, 0.25) is 5.02 Å². The normalized spacial score (nSPS) is 18.5. The van der Waals surface area contributed by atoms with Crippen molar-refractivity contribution >= 4 is 17.3 Å². The molecule has 0 spiro atoms. The minimum Gasteiger partial charge on any atom is -0.390 e. The van der Waals surface area contributed by atoms with Crippen LogP contribution in [-0.4, -0.2) is 60.8 Å². The van der Waals surface area contributed by atoms with E-state index >= 15 is 0 Å². The summed E-state index contributed by atoms with van der Waals surface area (Å²) in [6.07, 6.45) is 0.282. The molecule has 140 valence electrons. The number of rotatable bonds is 10. The van der Waals surface area contributed by atoms with Gasteiger partial charge in [0.05, 0.1) is 18.4 Å². The molecule has 0 saturated heterocycles. The Morgan fingerprint density at radius 3 is 2.68 bits per heavy atom. The number of hydrogen-bond donors (Lipinski definition) is 1. The summed E-state index contributed by atoms with van der Waals surface area (Å²) in [6.45, 7) is 9.47. The molecule has 1 heterocycles. The van der Waals surface area contributed by atoms with Gasteiger partial charge in [0.15, 0.2) is 0 Å². The Hall–Kier alpha value is -1.14. The molecule has 6 heteroatoms. The van der Waals surface area contributed by atoms with Crippen molar-refractivity contribution in [3.63, 3.8) is 0 Å². The SMILES string of the molecule is CCN(CC(O)COCC(C)C)CC1CC(c2ccc(Cl)cc2)=NO1.